The normalized spacial score (nSPS) is 13.3. The highest BCUT2D eigenvalue weighted by molar-refractivity contribution is 6.23. The molecule has 2 nitrogen and oxygen atoms in total. The van der Waals surface area contributed by atoms with Gasteiger partial charge in [0.15, 0.2) is 0 Å². The summed E-state index contributed by atoms with van der Waals surface area (Å²) in [6.45, 7) is 4.68. The molecule has 0 fully saturated rings. The molecule has 0 atom stereocenters. The fourth-order valence-electron chi connectivity index (χ4n) is 8.17. The van der Waals surface area contributed by atoms with Crippen LogP contribution in [0.15, 0.2) is 168 Å². The summed E-state index contributed by atoms with van der Waals surface area (Å²) in [5.41, 5.74) is 13.1. The molecule has 0 radical (unpaired) electrons. The van der Waals surface area contributed by atoms with Gasteiger partial charge in [0.25, 0.3) is 0 Å². The van der Waals surface area contributed by atoms with E-state index in [1.165, 1.54) is 54.9 Å². The van der Waals surface area contributed by atoms with Gasteiger partial charge in [0.05, 0.1) is 0 Å². The van der Waals surface area contributed by atoms with Crippen molar-refractivity contribution in [2.75, 3.05) is 4.90 Å². The van der Waals surface area contributed by atoms with Crippen LogP contribution in [0.1, 0.15) is 25.0 Å². The van der Waals surface area contributed by atoms with Crippen LogP contribution in [0.3, 0.4) is 0 Å². The first-order chi connectivity index (χ1) is 24.0. The number of rotatable bonds is 4. The Morgan fingerprint density at radius 3 is 1.98 bits per heavy atom. The topological polar surface area (TPSA) is 16.4 Å². The Labute approximate surface area is 285 Å². The maximum absolute atomic E-state index is 6.44. The van der Waals surface area contributed by atoms with Gasteiger partial charge in [-0.1, -0.05) is 123 Å². The molecule has 0 saturated carbocycles. The molecule has 1 heterocycles. The monoisotopic (exact) mass is 627 g/mol. The van der Waals surface area contributed by atoms with Crippen LogP contribution in [0.5, 0.6) is 0 Å². The van der Waals surface area contributed by atoms with Crippen molar-refractivity contribution < 1.29 is 4.42 Å². The second-order valence-electron chi connectivity index (χ2n) is 13.8. The molecular formula is C47H33NO. The van der Waals surface area contributed by atoms with Crippen molar-refractivity contribution in [3.05, 3.63) is 175 Å². The number of para-hydroxylation sites is 2. The van der Waals surface area contributed by atoms with Crippen molar-refractivity contribution >= 4 is 60.5 Å². The van der Waals surface area contributed by atoms with Crippen molar-refractivity contribution in [3.63, 3.8) is 0 Å². The minimum absolute atomic E-state index is 0.0637. The Bertz CT molecular complexity index is 2730. The maximum Gasteiger partial charge on any atom is 0.143 e. The molecule has 0 N–H and O–H groups in total. The fourth-order valence-corrected chi connectivity index (χ4v) is 8.17. The summed E-state index contributed by atoms with van der Waals surface area (Å²) in [7, 11) is 0. The minimum Gasteiger partial charge on any atom is -0.455 e. The molecule has 1 aromatic heterocycles. The molecule has 0 unspecified atom stereocenters. The van der Waals surface area contributed by atoms with Gasteiger partial charge >= 0.3 is 0 Å². The van der Waals surface area contributed by atoms with Crippen molar-refractivity contribution in [3.8, 4) is 22.3 Å². The van der Waals surface area contributed by atoms with E-state index in [1.54, 1.807) is 0 Å². The average Bonchev–Trinajstić information content (AvgIpc) is 3.64. The Hall–Kier alpha value is -6.12. The van der Waals surface area contributed by atoms with Crippen molar-refractivity contribution in [2.45, 2.75) is 19.3 Å². The molecule has 9 aromatic rings. The lowest BCUT2D eigenvalue weighted by molar-refractivity contribution is 0.660. The summed E-state index contributed by atoms with van der Waals surface area (Å²) in [4.78, 5) is 2.37. The van der Waals surface area contributed by atoms with Crippen LogP contribution in [0.4, 0.5) is 17.1 Å². The lowest BCUT2D eigenvalue weighted by Gasteiger charge is -2.28. The zero-order chi connectivity index (χ0) is 32.7. The molecule has 0 spiro atoms. The van der Waals surface area contributed by atoms with Gasteiger partial charge in [0.2, 0.25) is 0 Å². The molecule has 0 bridgehead atoms. The van der Waals surface area contributed by atoms with Gasteiger partial charge in [-0.25, -0.2) is 0 Å². The standard InChI is InChI=1S/C47H33NO/c1-47(2)42-14-8-6-12-38(42)39-27-24-36(29-43(39)47)48(34-10-4-3-5-11-34)35-22-18-30(19-23-35)32-21-25-37-33(28-32)17-16-31-20-26-41-40-13-7-9-15-44(40)49-46(41)45(31)37/h3-29H,1-2H3. The molecule has 0 saturated heterocycles. The molecule has 10 rings (SSSR count). The number of hydrogen-bond donors (Lipinski definition) is 0. The third-order valence-electron chi connectivity index (χ3n) is 10.6. The van der Waals surface area contributed by atoms with Crippen molar-refractivity contribution in [2.24, 2.45) is 0 Å². The number of anilines is 3. The molecule has 2 heteroatoms. The van der Waals surface area contributed by atoms with E-state index in [1.807, 2.05) is 6.07 Å². The third-order valence-corrected chi connectivity index (χ3v) is 10.6. The van der Waals surface area contributed by atoms with Crippen molar-refractivity contribution in [1.29, 1.82) is 0 Å². The first-order valence-corrected chi connectivity index (χ1v) is 17.0. The van der Waals surface area contributed by atoms with Gasteiger partial charge in [-0.3, -0.25) is 0 Å². The van der Waals surface area contributed by atoms with Gasteiger partial charge < -0.3 is 9.32 Å². The summed E-state index contributed by atoms with van der Waals surface area (Å²) >= 11 is 0. The first-order valence-electron chi connectivity index (χ1n) is 17.0. The van der Waals surface area contributed by atoms with E-state index >= 15 is 0 Å². The summed E-state index contributed by atoms with van der Waals surface area (Å²) in [6.07, 6.45) is 0. The molecule has 232 valence electrons. The van der Waals surface area contributed by atoms with E-state index in [0.717, 1.165) is 39.0 Å². The fraction of sp³-hybridized carbons (Fsp3) is 0.0638. The smallest absolute Gasteiger partial charge is 0.143 e. The summed E-state index contributed by atoms with van der Waals surface area (Å²) in [5, 5.41) is 7.10. The number of hydrogen-bond acceptors (Lipinski definition) is 2. The van der Waals surface area contributed by atoms with E-state index in [2.05, 4.69) is 176 Å². The molecule has 0 amide bonds. The lowest BCUT2D eigenvalue weighted by Crippen LogP contribution is -2.16. The predicted octanol–water partition coefficient (Wildman–Crippen LogP) is 13.3. The maximum atomic E-state index is 6.44. The second kappa shape index (κ2) is 10.4. The molecule has 0 aliphatic heterocycles. The van der Waals surface area contributed by atoms with Crippen LogP contribution in [-0.2, 0) is 5.41 Å². The van der Waals surface area contributed by atoms with Crippen LogP contribution in [-0.4, -0.2) is 0 Å². The summed E-state index contributed by atoms with van der Waals surface area (Å²) < 4.78 is 6.44. The Morgan fingerprint density at radius 1 is 0.449 bits per heavy atom. The number of benzene rings is 8. The van der Waals surface area contributed by atoms with Gasteiger partial charge in [-0.2, -0.15) is 0 Å². The molecule has 1 aliphatic carbocycles. The van der Waals surface area contributed by atoms with E-state index in [9.17, 15) is 0 Å². The minimum atomic E-state index is -0.0637. The molecule has 49 heavy (non-hydrogen) atoms. The molecular weight excluding hydrogens is 595 g/mol. The molecule has 8 aromatic carbocycles. The Kier molecular flexibility index (Phi) is 5.95. The van der Waals surface area contributed by atoms with E-state index in [4.69, 9.17) is 4.42 Å². The Balaban J connectivity index is 1.05. The van der Waals surface area contributed by atoms with E-state index in [-0.39, 0.29) is 5.41 Å². The van der Waals surface area contributed by atoms with Gasteiger partial charge in [-0.15, -0.1) is 0 Å². The van der Waals surface area contributed by atoms with Gasteiger partial charge in [-0.05, 0) is 104 Å². The van der Waals surface area contributed by atoms with Crippen LogP contribution < -0.4 is 4.90 Å². The van der Waals surface area contributed by atoms with Gasteiger partial charge in [0.1, 0.15) is 11.2 Å². The number of furan rings is 1. The third kappa shape index (κ3) is 4.20. The number of fused-ring (bicyclic) bond motifs is 10. The largest absolute Gasteiger partial charge is 0.455 e. The summed E-state index contributed by atoms with van der Waals surface area (Å²) in [6, 6.07) is 59.4. The Morgan fingerprint density at radius 2 is 1.10 bits per heavy atom. The van der Waals surface area contributed by atoms with Crippen LogP contribution >= 0.6 is 0 Å². The van der Waals surface area contributed by atoms with E-state index in [0.29, 0.717) is 0 Å². The zero-order valence-electron chi connectivity index (χ0n) is 27.4. The average molecular weight is 628 g/mol. The predicted molar refractivity (Wildman–Crippen MR) is 206 cm³/mol. The van der Waals surface area contributed by atoms with E-state index < -0.39 is 0 Å². The SMILES string of the molecule is CC1(C)c2ccccc2-c2ccc(N(c3ccccc3)c3ccc(-c4ccc5c(ccc6ccc7c8ccccc8oc7c65)c4)cc3)cc21. The highest BCUT2D eigenvalue weighted by Gasteiger charge is 2.35. The van der Waals surface area contributed by atoms with Crippen LogP contribution in [0, 0.1) is 0 Å². The quantitative estimate of drug-likeness (QED) is 0.181. The summed E-state index contributed by atoms with van der Waals surface area (Å²) in [5.74, 6) is 0. The first kappa shape index (κ1) is 27.9. The van der Waals surface area contributed by atoms with Crippen LogP contribution in [0.2, 0.25) is 0 Å². The van der Waals surface area contributed by atoms with Crippen LogP contribution in [0.25, 0.3) is 65.7 Å². The van der Waals surface area contributed by atoms with Crippen molar-refractivity contribution in [1.82, 2.24) is 0 Å². The highest BCUT2D eigenvalue weighted by Crippen LogP contribution is 2.50. The second-order valence-corrected chi connectivity index (χ2v) is 13.8. The zero-order valence-corrected chi connectivity index (χ0v) is 27.4. The highest BCUT2D eigenvalue weighted by atomic mass is 16.3. The van der Waals surface area contributed by atoms with Gasteiger partial charge in [0, 0.05) is 38.6 Å². The molecule has 1 aliphatic rings. The lowest BCUT2D eigenvalue weighted by atomic mass is 9.82. The number of nitrogens with zero attached hydrogens (tertiary/aromatic N) is 1.